The number of fused-ring (bicyclic) bond motifs is 3. The topological polar surface area (TPSA) is 12.0 Å². The van der Waals surface area contributed by atoms with Crippen molar-refractivity contribution in [1.82, 2.24) is 0 Å². The molecule has 130 valence electrons. The SMILES string of the molecule is CC(C)(C)c1ccc([C@@H]2Nc3cc(Cl)cc(Cl)c3[C@@H]3C=CC[C@@H]32)cc1. The van der Waals surface area contributed by atoms with E-state index in [1.807, 2.05) is 12.1 Å². The van der Waals surface area contributed by atoms with Gasteiger partial charge < -0.3 is 5.32 Å². The molecule has 4 rings (SSSR count). The van der Waals surface area contributed by atoms with Gasteiger partial charge in [-0.15, -0.1) is 0 Å². The summed E-state index contributed by atoms with van der Waals surface area (Å²) in [6.45, 7) is 6.74. The van der Waals surface area contributed by atoms with Crippen molar-refractivity contribution in [3.05, 3.63) is 75.3 Å². The standard InChI is InChI=1S/C22H23Cl2N/c1-22(2,3)14-9-7-13(8-10-14)21-17-6-4-5-16(17)20-18(24)11-15(23)12-19(20)25-21/h4-5,7-12,16-17,21,25H,6H2,1-3H3/t16-,17+,21+/m1/s1. The molecule has 0 radical (unpaired) electrons. The summed E-state index contributed by atoms with van der Waals surface area (Å²) < 4.78 is 0. The van der Waals surface area contributed by atoms with Crippen molar-refractivity contribution in [3.63, 3.8) is 0 Å². The van der Waals surface area contributed by atoms with Crippen molar-refractivity contribution in [1.29, 1.82) is 0 Å². The first-order chi connectivity index (χ1) is 11.8. The summed E-state index contributed by atoms with van der Waals surface area (Å²) in [5, 5.41) is 5.16. The molecule has 0 saturated heterocycles. The van der Waals surface area contributed by atoms with E-state index in [0.717, 1.165) is 17.1 Å². The van der Waals surface area contributed by atoms with E-state index in [-0.39, 0.29) is 11.5 Å². The third-order valence-corrected chi connectivity index (χ3v) is 6.05. The number of allylic oxidation sites excluding steroid dienone is 2. The molecule has 25 heavy (non-hydrogen) atoms. The van der Waals surface area contributed by atoms with Gasteiger partial charge in [-0.1, -0.05) is 80.4 Å². The van der Waals surface area contributed by atoms with E-state index in [9.17, 15) is 0 Å². The molecule has 0 saturated carbocycles. The molecule has 1 N–H and O–H groups in total. The number of rotatable bonds is 1. The van der Waals surface area contributed by atoms with Crippen LogP contribution in [0.5, 0.6) is 0 Å². The highest BCUT2D eigenvalue weighted by atomic mass is 35.5. The Morgan fingerprint density at radius 1 is 1.04 bits per heavy atom. The zero-order valence-electron chi connectivity index (χ0n) is 14.8. The highest BCUT2D eigenvalue weighted by Gasteiger charge is 2.39. The second-order valence-electron chi connectivity index (χ2n) is 8.20. The number of anilines is 1. The minimum absolute atomic E-state index is 0.170. The predicted octanol–water partition coefficient (Wildman–Crippen LogP) is 7.12. The maximum absolute atomic E-state index is 6.52. The lowest BCUT2D eigenvalue weighted by atomic mass is 9.76. The van der Waals surface area contributed by atoms with Crippen molar-refractivity contribution >= 4 is 28.9 Å². The maximum atomic E-state index is 6.52. The third-order valence-electron chi connectivity index (χ3n) is 5.52. The van der Waals surface area contributed by atoms with E-state index in [1.54, 1.807) is 0 Å². The quantitative estimate of drug-likeness (QED) is 0.526. The molecule has 0 aromatic heterocycles. The third kappa shape index (κ3) is 2.98. The molecular weight excluding hydrogens is 349 g/mol. The Kier molecular flexibility index (Phi) is 4.13. The molecule has 0 fully saturated rings. The zero-order chi connectivity index (χ0) is 17.8. The Morgan fingerprint density at radius 3 is 2.44 bits per heavy atom. The van der Waals surface area contributed by atoms with Crippen LogP contribution in [-0.4, -0.2) is 0 Å². The van der Waals surface area contributed by atoms with Crippen LogP contribution in [0.4, 0.5) is 5.69 Å². The number of benzene rings is 2. The first-order valence-electron chi connectivity index (χ1n) is 8.87. The van der Waals surface area contributed by atoms with Gasteiger partial charge >= 0.3 is 0 Å². The molecule has 0 bridgehead atoms. The molecule has 0 amide bonds. The van der Waals surface area contributed by atoms with Crippen molar-refractivity contribution in [3.8, 4) is 0 Å². The normalized spacial score (nSPS) is 24.6. The van der Waals surface area contributed by atoms with Gasteiger partial charge in [0.1, 0.15) is 0 Å². The van der Waals surface area contributed by atoms with Crippen LogP contribution in [0.2, 0.25) is 10.0 Å². The molecule has 2 aromatic rings. The Balaban J connectivity index is 1.74. The monoisotopic (exact) mass is 371 g/mol. The summed E-state index contributed by atoms with van der Waals surface area (Å²) in [6, 6.07) is 13.2. The van der Waals surface area contributed by atoms with E-state index in [4.69, 9.17) is 23.2 Å². The van der Waals surface area contributed by atoms with Crippen LogP contribution in [0.3, 0.4) is 0 Å². The van der Waals surface area contributed by atoms with Gasteiger partial charge in [-0.05, 0) is 41.0 Å². The van der Waals surface area contributed by atoms with Gasteiger partial charge in [-0.25, -0.2) is 0 Å². The lowest BCUT2D eigenvalue weighted by Crippen LogP contribution is -2.29. The van der Waals surface area contributed by atoms with Crippen molar-refractivity contribution in [2.45, 2.75) is 44.6 Å². The predicted molar refractivity (Wildman–Crippen MR) is 108 cm³/mol. The van der Waals surface area contributed by atoms with E-state index >= 15 is 0 Å². The van der Waals surface area contributed by atoms with Crippen LogP contribution in [0.15, 0.2) is 48.6 Å². The molecule has 2 aliphatic rings. The summed E-state index contributed by atoms with van der Waals surface area (Å²) in [5.41, 5.74) is 5.11. The van der Waals surface area contributed by atoms with Crippen molar-refractivity contribution < 1.29 is 0 Å². The zero-order valence-corrected chi connectivity index (χ0v) is 16.3. The summed E-state index contributed by atoms with van der Waals surface area (Å²) in [7, 11) is 0. The molecule has 2 aromatic carbocycles. The Morgan fingerprint density at radius 2 is 1.76 bits per heavy atom. The van der Waals surface area contributed by atoms with Crippen LogP contribution >= 0.6 is 23.2 Å². The van der Waals surface area contributed by atoms with Crippen LogP contribution in [0, 0.1) is 5.92 Å². The Bertz CT molecular complexity index is 830. The van der Waals surface area contributed by atoms with Crippen molar-refractivity contribution in [2.75, 3.05) is 5.32 Å². The average Bonchev–Trinajstić information content (AvgIpc) is 3.02. The van der Waals surface area contributed by atoms with Crippen LogP contribution < -0.4 is 5.32 Å². The Labute approximate surface area is 160 Å². The first-order valence-corrected chi connectivity index (χ1v) is 9.63. The first kappa shape index (κ1) is 17.0. The van der Waals surface area contributed by atoms with Gasteiger partial charge in [0.05, 0.1) is 6.04 Å². The molecule has 3 heteroatoms. The molecule has 3 atom stereocenters. The summed E-state index contributed by atoms with van der Waals surface area (Å²) in [4.78, 5) is 0. The smallest absolute Gasteiger partial charge is 0.0553 e. The van der Waals surface area contributed by atoms with Crippen LogP contribution in [0.25, 0.3) is 0 Å². The fraction of sp³-hybridized carbons (Fsp3) is 0.364. The second-order valence-corrected chi connectivity index (χ2v) is 9.04. The summed E-state index contributed by atoms with van der Waals surface area (Å²) in [6.07, 6.45) is 5.66. The molecule has 1 heterocycles. The molecule has 1 aliphatic heterocycles. The van der Waals surface area contributed by atoms with Gasteiger partial charge in [0.2, 0.25) is 0 Å². The van der Waals surface area contributed by atoms with E-state index in [2.05, 4.69) is 62.5 Å². The Hall–Kier alpha value is -1.44. The van der Waals surface area contributed by atoms with Crippen LogP contribution in [0.1, 0.15) is 55.8 Å². The summed E-state index contributed by atoms with van der Waals surface area (Å²) in [5.74, 6) is 0.847. The highest BCUT2D eigenvalue weighted by Crippen LogP contribution is 2.52. The van der Waals surface area contributed by atoms with E-state index in [1.165, 1.54) is 16.7 Å². The van der Waals surface area contributed by atoms with E-state index < -0.39 is 0 Å². The van der Waals surface area contributed by atoms with E-state index in [0.29, 0.717) is 16.9 Å². The van der Waals surface area contributed by atoms with Gasteiger partial charge in [-0.2, -0.15) is 0 Å². The molecular formula is C22H23Cl2N. The molecule has 0 unspecified atom stereocenters. The minimum Gasteiger partial charge on any atom is -0.378 e. The van der Waals surface area contributed by atoms with Gasteiger partial charge in [0, 0.05) is 27.2 Å². The van der Waals surface area contributed by atoms with Crippen molar-refractivity contribution in [2.24, 2.45) is 5.92 Å². The largest absolute Gasteiger partial charge is 0.378 e. The summed E-state index contributed by atoms with van der Waals surface area (Å²) >= 11 is 12.8. The fourth-order valence-electron chi connectivity index (χ4n) is 4.16. The highest BCUT2D eigenvalue weighted by molar-refractivity contribution is 6.35. The number of hydrogen-bond acceptors (Lipinski definition) is 1. The molecule has 1 nitrogen and oxygen atoms in total. The minimum atomic E-state index is 0.170. The molecule has 1 aliphatic carbocycles. The van der Waals surface area contributed by atoms with Crippen LogP contribution in [-0.2, 0) is 5.41 Å². The number of hydrogen-bond donors (Lipinski definition) is 1. The average molecular weight is 372 g/mol. The lowest BCUT2D eigenvalue weighted by molar-refractivity contribution is 0.425. The molecule has 0 spiro atoms. The maximum Gasteiger partial charge on any atom is 0.0553 e. The van der Waals surface area contributed by atoms with Gasteiger partial charge in [0.25, 0.3) is 0 Å². The second kappa shape index (κ2) is 6.07. The fourth-order valence-corrected chi connectivity index (χ4v) is 4.78. The number of halogens is 2. The van der Waals surface area contributed by atoms with Gasteiger partial charge in [0.15, 0.2) is 0 Å². The van der Waals surface area contributed by atoms with Gasteiger partial charge in [-0.3, -0.25) is 0 Å². The number of nitrogens with one attached hydrogen (secondary N) is 1. The lowest BCUT2D eigenvalue weighted by Gasteiger charge is -2.38.